The van der Waals surface area contributed by atoms with Gasteiger partial charge in [0.25, 0.3) is 5.88 Å². The number of pyridine rings is 1. The van der Waals surface area contributed by atoms with Gasteiger partial charge in [0.1, 0.15) is 0 Å². The number of carbonyl (C=O) groups is 1. The molecule has 1 N–H and O–H groups in total. The molecule has 0 bridgehead atoms. The lowest BCUT2D eigenvalue weighted by molar-refractivity contribution is -0.275. The second-order valence-electron chi connectivity index (χ2n) is 3.50. The van der Waals surface area contributed by atoms with Crippen molar-refractivity contribution in [1.82, 2.24) is 4.98 Å². The van der Waals surface area contributed by atoms with Crippen molar-refractivity contribution in [2.24, 2.45) is 0 Å². The highest BCUT2D eigenvalue weighted by molar-refractivity contribution is 5.74. The summed E-state index contributed by atoms with van der Waals surface area (Å²) in [6.45, 7) is 1.62. The molecule has 20 heavy (non-hydrogen) atoms. The Bertz CT molecular complexity index is 490. The molecule has 0 saturated carbocycles. The standard InChI is InChI=1S/C11H12F3NO5/c1-3-19-7(16)4-6-5-15-10(18-2)8(17)9(6)20-11(12,13)14/h5,17H,3-4H2,1-2H3. The third-order valence-electron chi connectivity index (χ3n) is 2.10. The summed E-state index contributed by atoms with van der Waals surface area (Å²) in [5.74, 6) is -3.09. The van der Waals surface area contributed by atoms with Crippen LogP contribution in [0.3, 0.4) is 0 Å². The van der Waals surface area contributed by atoms with E-state index in [1.165, 1.54) is 0 Å². The zero-order valence-electron chi connectivity index (χ0n) is 10.7. The van der Waals surface area contributed by atoms with Crippen LogP contribution in [0.2, 0.25) is 0 Å². The molecule has 0 unspecified atom stereocenters. The Kier molecular flexibility index (Phi) is 5.00. The van der Waals surface area contributed by atoms with Crippen LogP contribution in [-0.2, 0) is 16.0 Å². The summed E-state index contributed by atoms with van der Waals surface area (Å²) >= 11 is 0. The van der Waals surface area contributed by atoms with E-state index >= 15 is 0 Å². The summed E-state index contributed by atoms with van der Waals surface area (Å²) in [6, 6.07) is 0. The Hall–Kier alpha value is -2.19. The second-order valence-corrected chi connectivity index (χ2v) is 3.50. The number of nitrogens with zero attached hydrogens (tertiary/aromatic N) is 1. The number of ether oxygens (including phenoxy) is 3. The maximum atomic E-state index is 12.3. The number of aromatic hydroxyl groups is 1. The zero-order valence-corrected chi connectivity index (χ0v) is 10.7. The predicted octanol–water partition coefficient (Wildman–Crippen LogP) is 1.80. The Balaban J connectivity index is 3.15. The van der Waals surface area contributed by atoms with Gasteiger partial charge in [-0.3, -0.25) is 4.79 Å². The number of halogens is 3. The molecule has 1 heterocycles. The van der Waals surface area contributed by atoms with E-state index in [9.17, 15) is 23.1 Å². The Labute approximate surface area is 112 Å². The average Bonchev–Trinajstić information content (AvgIpc) is 2.33. The molecule has 0 aliphatic carbocycles. The van der Waals surface area contributed by atoms with Crippen LogP contribution in [0.4, 0.5) is 13.2 Å². The van der Waals surface area contributed by atoms with Gasteiger partial charge in [-0.05, 0) is 6.92 Å². The number of aromatic nitrogens is 1. The normalized spacial score (nSPS) is 11.1. The fourth-order valence-electron chi connectivity index (χ4n) is 1.38. The third-order valence-corrected chi connectivity index (χ3v) is 2.10. The lowest BCUT2D eigenvalue weighted by atomic mass is 10.2. The van der Waals surface area contributed by atoms with Crippen molar-refractivity contribution in [3.05, 3.63) is 11.8 Å². The molecule has 112 valence electrons. The summed E-state index contributed by atoms with van der Waals surface area (Å²) in [5.41, 5.74) is -0.265. The predicted molar refractivity (Wildman–Crippen MR) is 59.5 cm³/mol. The largest absolute Gasteiger partial charge is 0.573 e. The molecule has 0 aliphatic heterocycles. The number of esters is 1. The van der Waals surface area contributed by atoms with Crippen molar-refractivity contribution >= 4 is 5.97 Å². The smallest absolute Gasteiger partial charge is 0.501 e. The lowest BCUT2D eigenvalue weighted by Crippen LogP contribution is -2.19. The Morgan fingerprint density at radius 2 is 2.10 bits per heavy atom. The fraction of sp³-hybridized carbons (Fsp3) is 0.455. The van der Waals surface area contributed by atoms with E-state index in [1.807, 2.05) is 0 Å². The number of hydrogen-bond donors (Lipinski definition) is 1. The number of alkyl halides is 3. The molecule has 1 rings (SSSR count). The van der Waals surface area contributed by atoms with Gasteiger partial charge < -0.3 is 19.3 Å². The molecule has 1 aromatic rings. The first-order valence-electron chi connectivity index (χ1n) is 5.44. The minimum atomic E-state index is -5.03. The number of carbonyl (C=O) groups excluding carboxylic acids is 1. The highest BCUT2D eigenvalue weighted by Gasteiger charge is 2.35. The maximum absolute atomic E-state index is 12.3. The molecule has 9 heteroatoms. The van der Waals surface area contributed by atoms with Crippen LogP contribution in [0.15, 0.2) is 6.20 Å². The highest BCUT2D eigenvalue weighted by Crippen LogP contribution is 2.40. The molecule has 0 fully saturated rings. The molecule has 0 spiro atoms. The van der Waals surface area contributed by atoms with Crippen LogP contribution in [-0.4, -0.2) is 36.1 Å². The van der Waals surface area contributed by atoms with Gasteiger partial charge in [0.15, 0.2) is 5.75 Å². The van der Waals surface area contributed by atoms with Crippen molar-refractivity contribution in [1.29, 1.82) is 0 Å². The molecule has 1 aromatic heterocycles. The summed E-state index contributed by atoms with van der Waals surface area (Å²) in [6.07, 6.45) is -4.62. The molecular formula is C11H12F3NO5. The summed E-state index contributed by atoms with van der Waals surface area (Å²) in [4.78, 5) is 14.9. The van der Waals surface area contributed by atoms with E-state index in [0.717, 1.165) is 13.3 Å². The molecule has 0 saturated heterocycles. The van der Waals surface area contributed by atoms with Gasteiger partial charge in [-0.15, -0.1) is 13.2 Å². The number of rotatable bonds is 5. The van der Waals surface area contributed by atoms with E-state index < -0.39 is 36.1 Å². The van der Waals surface area contributed by atoms with Crippen LogP contribution < -0.4 is 9.47 Å². The van der Waals surface area contributed by atoms with E-state index in [4.69, 9.17) is 0 Å². The maximum Gasteiger partial charge on any atom is 0.573 e. The number of hydrogen-bond acceptors (Lipinski definition) is 6. The van der Waals surface area contributed by atoms with Gasteiger partial charge in [-0.1, -0.05) is 0 Å². The molecule has 0 aliphatic rings. The van der Waals surface area contributed by atoms with Crippen LogP contribution in [0, 0.1) is 0 Å². The minimum Gasteiger partial charge on any atom is -0.501 e. The van der Waals surface area contributed by atoms with E-state index in [2.05, 4.69) is 19.2 Å². The zero-order chi connectivity index (χ0) is 15.3. The van der Waals surface area contributed by atoms with Crippen LogP contribution >= 0.6 is 0 Å². The van der Waals surface area contributed by atoms with Gasteiger partial charge in [0.2, 0.25) is 5.75 Å². The van der Waals surface area contributed by atoms with Gasteiger partial charge in [0.05, 0.1) is 20.1 Å². The molecule has 0 radical (unpaired) electrons. The van der Waals surface area contributed by atoms with E-state index in [0.29, 0.717) is 0 Å². The SMILES string of the molecule is CCOC(=O)Cc1cnc(OC)c(O)c1OC(F)(F)F. The van der Waals surface area contributed by atoms with Gasteiger partial charge in [-0.2, -0.15) is 0 Å². The van der Waals surface area contributed by atoms with Crippen LogP contribution in [0.1, 0.15) is 12.5 Å². The first kappa shape index (κ1) is 15.9. The first-order chi connectivity index (χ1) is 9.28. The summed E-state index contributed by atoms with van der Waals surface area (Å²) < 4.78 is 49.8. The van der Waals surface area contributed by atoms with Crippen molar-refractivity contribution < 1.29 is 37.3 Å². The molecular weight excluding hydrogens is 283 g/mol. The molecule has 0 atom stereocenters. The van der Waals surface area contributed by atoms with Crippen molar-refractivity contribution in [3.8, 4) is 17.4 Å². The second kappa shape index (κ2) is 6.31. The van der Waals surface area contributed by atoms with Gasteiger partial charge >= 0.3 is 12.3 Å². The van der Waals surface area contributed by atoms with Crippen molar-refractivity contribution in [3.63, 3.8) is 0 Å². The summed E-state index contributed by atoms with van der Waals surface area (Å²) in [5, 5.41) is 9.61. The third kappa shape index (κ3) is 4.18. The minimum absolute atomic E-state index is 0.0733. The van der Waals surface area contributed by atoms with Gasteiger partial charge in [-0.25, -0.2) is 4.98 Å². The average molecular weight is 295 g/mol. The van der Waals surface area contributed by atoms with Crippen LogP contribution in [0.25, 0.3) is 0 Å². The molecule has 0 aromatic carbocycles. The van der Waals surface area contributed by atoms with E-state index in [-0.39, 0.29) is 12.2 Å². The molecule has 0 amide bonds. The molecule has 6 nitrogen and oxygen atoms in total. The monoisotopic (exact) mass is 295 g/mol. The van der Waals surface area contributed by atoms with Crippen LogP contribution in [0.5, 0.6) is 17.4 Å². The lowest BCUT2D eigenvalue weighted by Gasteiger charge is -2.15. The summed E-state index contributed by atoms with van der Waals surface area (Å²) in [7, 11) is 1.12. The van der Waals surface area contributed by atoms with Crippen molar-refractivity contribution in [2.75, 3.05) is 13.7 Å². The topological polar surface area (TPSA) is 77.9 Å². The fourth-order valence-corrected chi connectivity index (χ4v) is 1.38. The number of methoxy groups -OCH3 is 1. The Morgan fingerprint density at radius 3 is 2.60 bits per heavy atom. The quantitative estimate of drug-likeness (QED) is 0.835. The van der Waals surface area contributed by atoms with E-state index in [1.54, 1.807) is 6.92 Å². The van der Waals surface area contributed by atoms with Gasteiger partial charge in [0, 0.05) is 11.8 Å². The Morgan fingerprint density at radius 1 is 1.45 bits per heavy atom. The highest BCUT2D eigenvalue weighted by atomic mass is 19.4. The first-order valence-corrected chi connectivity index (χ1v) is 5.44. The van der Waals surface area contributed by atoms with Crippen molar-refractivity contribution in [2.45, 2.75) is 19.7 Å².